The van der Waals surface area contributed by atoms with E-state index in [4.69, 9.17) is 4.42 Å². The topological polar surface area (TPSA) is 77.1 Å². The molecule has 1 amide bonds. The lowest BCUT2D eigenvalue weighted by atomic mass is 10.1. The number of hydrogen-bond acceptors (Lipinski definition) is 5. The molecule has 0 bridgehead atoms. The van der Waals surface area contributed by atoms with Crippen LogP contribution in [0.1, 0.15) is 45.2 Å². The molecule has 0 atom stereocenters. The van der Waals surface area contributed by atoms with Crippen molar-refractivity contribution < 1.29 is 9.21 Å². The van der Waals surface area contributed by atoms with E-state index in [-0.39, 0.29) is 18.0 Å². The van der Waals surface area contributed by atoms with Crippen LogP contribution in [-0.4, -0.2) is 36.3 Å². The Morgan fingerprint density at radius 1 is 1.39 bits per heavy atom. The minimum Gasteiger partial charge on any atom is -0.424 e. The number of hydrogen-bond donors (Lipinski definition) is 0. The first-order chi connectivity index (χ1) is 10.8. The first-order valence-corrected chi connectivity index (χ1v) is 7.61. The molecule has 2 rings (SSSR count). The summed E-state index contributed by atoms with van der Waals surface area (Å²) < 4.78 is 7.22. The molecule has 2 aromatic heterocycles. The Balaban J connectivity index is 2.17. The van der Waals surface area contributed by atoms with Gasteiger partial charge in [0.05, 0.1) is 12.2 Å². The average Bonchev–Trinajstić information content (AvgIpc) is 3.09. The fourth-order valence-corrected chi connectivity index (χ4v) is 2.18. The molecular formula is C16H23N5O2. The van der Waals surface area contributed by atoms with Gasteiger partial charge in [0.15, 0.2) is 0 Å². The minimum absolute atomic E-state index is 0.114. The smallest absolute Gasteiger partial charge is 0.247 e. The third-order valence-corrected chi connectivity index (χ3v) is 3.38. The van der Waals surface area contributed by atoms with Gasteiger partial charge in [-0.05, 0) is 39.8 Å². The summed E-state index contributed by atoms with van der Waals surface area (Å²) in [7, 11) is 0. The summed E-state index contributed by atoms with van der Waals surface area (Å²) in [6.45, 7) is 10.7. The molecule has 0 spiro atoms. The Hall–Kier alpha value is -2.44. The van der Waals surface area contributed by atoms with E-state index >= 15 is 0 Å². The lowest BCUT2D eigenvalue weighted by Gasteiger charge is -2.33. The number of aromatic nitrogens is 4. The van der Waals surface area contributed by atoms with E-state index in [0.29, 0.717) is 11.8 Å². The second-order valence-electron chi connectivity index (χ2n) is 6.22. The molecule has 0 radical (unpaired) electrons. The highest BCUT2D eigenvalue weighted by Gasteiger charge is 2.26. The van der Waals surface area contributed by atoms with Crippen molar-refractivity contribution in [1.82, 2.24) is 24.9 Å². The molecule has 0 N–H and O–H groups in total. The summed E-state index contributed by atoms with van der Waals surface area (Å²) in [5.74, 6) is 0.804. The zero-order valence-corrected chi connectivity index (χ0v) is 14.3. The average molecular weight is 317 g/mol. The van der Waals surface area contributed by atoms with Gasteiger partial charge < -0.3 is 9.32 Å². The van der Waals surface area contributed by atoms with Crippen LogP contribution in [0, 0.1) is 6.92 Å². The number of aryl methyl sites for hydroxylation is 2. The summed E-state index contributed by atoms with van der Waals surface area (Å²) in [5.41, 5.74) is 0.526. The van der Waals surface area contributed by atoms with Gasteiger partial charge in [-0.1, -0.05) is 0 Å². The Kier molecular flexibility index (Phi) is 4.98. The van der Waals surface area contributed by atoms with Crippen molar-refractivity contribution in [1.29, 1.82) is 0 Å². The summed E-state index contributed by atoms with van der Waals surface area (Å²) in [6.07, 6.45) is 5.05. The molecule has 7 heteroatoms. The molecule has 0 saturated carbocycles. The van der Waals surface area contributed by atoms with Crippen LogP contribution in [0.2, 0.25) is 0 Å². The minimum atomic E-state index is -0.366. The number of carbonyl (C=O) groups excluding carboxylic acids is 1. The number of carbonyl (C=O) groups is 1. The van der Waals surface area contributed by atoms with Crippen molar-refractivity contribution in [2.24, 2.45) is 0 Å². The first-order valence-electron chi connectivity index (χ1n) is 7.61. The van der Waals surface area contributed by atoms with Crippen LogP contribution in [0.5, 0.6) is 0 Å². The van der Waals surface area contributed by atoms with Crippen molar-refractivity contribution in [3.05, 3.63) is 35.8 Å². The van der Waals surface area contributed by atoms with Crippen molar-refractivity contribution in [3.8, 4) is 0 Å². The van der Waals surface area contributed by atoms with Crippen molar-refractivity contribution in [2.45, 2.75) is 53.2 Å². The van der Waals surface area contributed by atoms with Gasteiger partial charge in [0, 0.05) is 31.3 Å². The molecule has 2 aromatic rings. The van der Waals surface area contributed by atoms with Crippen LogP contribution in [-0.2, 0) is 17.9 Å². The van der Waals surface area contributed by atoms with Gasteiger partial charge in [-0.15, -0.1) is 10.2 Å². The number of nitrogens with zero attached hydrogens (tertiary/aromatic N) is 5. The van der Waals surface area contributed by atoms with Crippen molar-refractivity contribution in [2.75, 3.05) is 0 Å². The molecule has 0 fully saturated rings. The van der Waals surface area contributed by atoms with E-state index in [1.807, 2.05) is 38.4 Å². The Labute approximate surface area is 136 Å². The molecule has 0 aliphatic rings. The highest BCUT2D eigenvalue weighted by atomic mass is 16.4. The van der Waals surface area contributed by atoms with Crippen LogP contribution < -0.4 is 0 Å². The fraction of sp³-hybridized carbons (Fsp3) is 0.500. The summed E-state index contributed by atoms with van der Waals surface area (Å²) in [4.78, 5) is 14.3. The molecule has 2 heterocycles. The van der Waals surface area contributed by atoms with Crippen LogP contribution >= 0.6 is 0 Å². The first kappa shape index (κ1) is 16.9. The van der Waals surface area contributed by atoms with Crippen LogP contribution in [0.15, 0.2) is 22.8 Å². The predicted octanol–water partition coefficient (Wildman–Crippen LogP) is 2.43. The molecule has 0 unspecified atom stereocenters. The number of rotatable bonds is 5. The van der Waals surface area contributed by atoms with Gasteiger partial charge in [0.2, 0.25) is 17.7 Å². The molecule has 0 aliphatic carbocycles. The van der Waals surface area contributed by atoms with E-state index in [9.17, 15) is 4.79 Å². The molecule has 124 valence electrons. The summed E-state index contributed by atoms with van der Waals surface area (Å²) in [6, 6.07) is 1.87. The van der Waals surface area contributed by atoms with Gasteiger partial charge >= 0.3 is 0 Å². The Morgan fingerprint density at radius 2 is 2.13 bits per heavy atom. The lowest BCUT2D eigenvalue weighted by molar-refractivity contribution is -0.131. The Bertz CT molecular complexity index is 693. The van der Waals surface area contributed by atoms with Gasteiger partial charge in [-0.25, -0.2) is 0 Å². The predicted molar refractivity (Wildman–Crippen MR) is 86.3 cm³/mol. The quantitative estimate of drug-likeness (QED) is 0.792. The van der Waals surface area contributed by atoms with Gasteiger partial charge in [-0.2, -0.15) is 5.10 Å². The highest BCUT2D eigenvalue weighted by molar-refractivity contribution is 5.92. The molecule has 0 aromatic carbocycles. The second kappa shape index (κ2) is 6.76. The molecule has 7 nitrogen and oxygen atoms in total. The SMILES string of the molecule is CCn1nccc1/C=C/C(=O)N(Cc1nnc(C)o1)C(C)(C)C. The normalized spacial score (nSPS) is 12.0. The van der Waals surface area contributed by atoms with Gasteiger partial charge in [0.25, 0.3) is 0 Å². The largest absolute Gasteiger partial charge is 0.424 e. The van der Waals surface area contributed by atoms with Crippen LogP contribution in [0.25, 0.3) is 6.08 Å². The second-order valence-corrected chi connectivity index (χ2v) is 6.22. The molecular weight excluding hydrogens is 294 g/mol. The Morgan fingerprint density at radius 3 is 2.70 bits per heavy atom. The fourth-order valence-electron chi connectivity index (χ4n) is 2.18. The summed E-state index contributed by atoms with van der Waals surface area (Å²) >= 11 is 0. The van der Waals surface area contributed by atoms with E-state index < -0.39 is 0 Å². The maximum absolute atomic E-state index is 12.6. The third-order valence-electron chi connectivity index (χ3n) is 3.38. The van der Waals surface area contributed by atoms with Crippen molar-refractivity contribution in [3.63, 3.8) is 0 Å². The van der Waals surface area contributed by atoms with E-state index in [0.717, 1.165) is 12.2 Å². The third kappa shape index (κ3) is 4.28. The maximum Gasteiger partial charge on any atom is 0.247 e. The van der Waals surface area contributed by atoms with E-state index in [2.05, 4.69) is 15.3 Å². The van der Waals surface area contributed by atoms with E-state index in [1.165, 1.54) is 0 Å². The zero-order chi connectivity index (χ0) is 17.0. The highest BCUT2D eigenvalue weighted by Crippen LogP contribution is 2.18. The van der Waals surface area contributed by atoms with Gasteiger partial charge in [-0.3, -0.25) is 9.48 Å². The molecule has 0 saturated heterocycles. The standard InChI is InChI=1S/C16H23N5O2/c1-6-21-13(9-10-17-21)7-8-15(22)20(16(3,4)5)11-14-19-18-12(2)23-14/h7-10H,6,11H2,1-5H3/b8-7+. The number of amides is 1. The summed E-state index contributed by atoms with van der Waals surface area (Å²) in [5, 5.41) is 12.0. The maximum atomic E-state index is 12.6. The zero-order valence-electron chi connectivity index (χ0n) is 14.3. The van der Waals surface area contributed by atoms with Crippen molar-refractivity contribution >= 4 is 12.0 Å². The monoisotopic (exact) mass is 317 g/mol. The lowest BCUT2D eigenvalue weighted by Crippen LogP contribution is -2.44. The molecule has 0 aliphatic heterocycles. The molecule has 23 heavy (non-hydrogen) atoms. The van der Waals surface area contributed by atoms with E-state index in [1.54, 1.807) is 30.2 Å². The van der Waals surface area contributed by atoms with Crippen LogP contribution in [0.3, 0.4) is 0 Å². The van der Waals surface area contributed by atoms with Gasteiger partial charge in [0.1, 0.15) is 0 Å². The van der Waals surface area contributed by atoms with Crippen LogP contribution in [0.4, 0.5) is 0 Å².